The molecule has 2 rings (SSSR count). The van der Waals surface area contributed by atoms with Gasteiger partial charge in [0.25, 0.3) is 10.2 Å². The maximum absolute atomic E-state index is 11.3. The van der Waals surface area contributed by atoms with Crippen molar-refractivity contribution < 1.29 is 13.2 Å². The number of hydrogen-bond acceptors (Lipinski definition) is 4. The Kier molecular flexibility index (Phi) is 2.76. The van der Waals surface area contributed by atoms with Crippen molar-refractivity contribution in [2.24, 2.45) is 5.14 Å². The molecule has 3 N–H and O–H groups in total. The fourth-order valence-electron chi connectivity index (χ4n) is 2.08. The Bertz CT molecular complexity index is 303. The molecule has 0 bridgehead atoms. The Morgan fingerprint density at radius 2 is 2.29 bits per heavy atom. The minimum absolute atomic E-state index is 0.00308. The standard InChI is InChI=1S/C7H15N3O3S/c8-14(11,12)10-3-4-13-7-1-2-9-5-6(7)10/h6-7,9H,1-5H2,(H2,8,11,12). The first-order valence-corrected chi connectivity index (χ1v) is 6.21. The molecule has 2 aliphatic heterocycles. The van der Waals surface area contributed by atoms with E-state index in [0.717, 1.165) is 13.0 Å². The quantitative estimate of drug-likeness (QED) is 0.550. The Morgan fingerprint density at radius 1 is 1.50 bits per heavy atom. The minimum Gasteiger partial charge on any atom is -0.375 e. The van der Waals surface area contributed by atoms with Crippen LogP contribution >= 0.6 is 0 Å². The van der Waals surface area contributed by atoms with Crippen molar-refractivity contribution >= 4 is 10.2 Å². The van der Waals surface area contributed by atoms with Crippen LogP contribution in [0.15, 0.2) is 0 Å². The molecule has 0 saturated carbocycles. The van der Waals surface area contributed by atoms with E-state index >= 15 is 0 Å². The maximum Gasteiger partial charge on any atom is 0.277 e. The summed E-state index contributed by atoms with van der Waals surface area (Å²) >= 11 is 0. The zero-order chi connectivity index (χ0) is 10.2. The SMILES string of the molecule is NS(=O)(=O)N1CCOC2CCNCC21. The average Bonchev–Trinajstić information content (AvgIpc) is 2.15. The van der Waals surface area contributed by atoms with Crippen molar-refractivity contribution in [1.29, 1.82) is 0 Å². The lowest BCUT2D eigenvalue weighted by Crippen LogP contribution is -2.61. The van der Waals surface area contributed by atoms with Gasteiger partial charge in [-0.05, 0) is 13.0 Å². The van der Waals surface area contributed by atoms with E-state index in [9.17, 15) is 8.42 Å². The van der Waals surface area contributed by atoms with Crippen LogP contribution in [0.3, 0.4) is 0 Å². The van der Waals surface area contributed by atoms with Crippen molar-refractivity contribution in [2.45, 2.75) is 18.6 Å². The van der Waals surface area contributed by atoms with Crippen molar-refractivity contribution in [3.63, 3.8) is 0 Å². The van der Waals surface area contributed by atoms with Gasteiger partial charge in [0, 0.05) is 13.1 Å². The predicted molar refractivity (Wildman–Crippen MR) is 50.8 cm³/mol. The molecule has 2 atom stereocenters. The van der Waals surface area contributed by atoms with Gasteiger partial charge in [0.2, 0.25) is 0 Å². The Labute approximate surface area is 83.6 Å². The molecule has 0 aromatic heterocycles. The molecule has 14 heavy (non-hydrogen) atoms. The number of hydrogen-bond donors (Lipinski definition) is 2. The van der Waals surface area contributed by atoms with E-state index < -0.39 is 10.2 Å². The van der Waals surface area contributed by atoms with Crippen LogP contribution in [0.4, 0.5) is 0 Å². The summed E-state index contributed by atoms with van der Waals surface area (Å²) in [6, 6.07) is -0.132. The summed E-state index contributed by atoms with van der Waals surface area (Å²) < 4.78 is 29.4. The molecule has 2 unspecified atom stereocenters. The van der Waals surface area contributed by atoms with Gasteiger partial charge in [-0.2, -0.15) is 12.7 Å². The van der Waals surface area contributed by atoms with Crippen LogP contribution in [0.5, 0.6) is 0 Å². The molecular weight excluding hydrogens is 206 g/mol. The zero-order valence-electron chi connectivity index (χ0n) is 7.85. The van der Waals surface area contributed by atoms with Gasteiger partial charge in [-0.15, -0.1) is 0 Å². The lowest BCUT2D eigenvalue weighted by molar-refractivity contribution is -0.0529. The smallest absolute Gasteiger partial charge is 0.277 e. The van der Waals surface area contributed by atoms with E-state index in [-0.39, 0.29) is 12.1 Å². The lowest BCUT2D eigenvalue weighted by Gasteiger charge is -2.42. The topological polar surface area (TPSA) is 84.7 Å². The van der Waals surface area contributed by atoms with Crippen LogP contribution in [-0.4, -0.2) is 51.1 Å². The molecule has 2 saturated heterocycles. The van der Waals surface area contributed by atoms with Crippen LogP contribution in [-0.2, 0) is 14.9 Å². The molecule has 2 aliphatic rings. The molecule has 0 spiro atoms. The van der Waals surface area contributed by atoms with E-state index in [0.29, 0.717) is 19.7 Å². The van der Waals surface area contributed by atoms with Gasteiger partial charge in [0.15, 0.2) is 0 Å². The van der Waals surface area contributed by atoms with Crippen molar-refractivity contribution in [3.8, 4) is 0 Å². The highest BCUT2D eigenvalue weighted by Gasteiger charge is 2.38. The Balaban J connectivity index is 2.17. The van der Waals surface area contributed by atoms with Crippen LogP contribution in [0.1, 0.15) is 6.42 Å². The molecule has 2 heterocycles. The van der Waals surface area contributed by atoms with E-state index in [2.05, 4.69) is 5.32 Å². The summed E-state index contributed by atoms with van der Waals surface area (Å²) in [4.78, 5) is 0. The van der Waals surface area contributed by atoms with Gasteiger partial charge in [-0.3, -0.25) is 0 Å². The molecule has 0 radical (unpaired) electrons. The number of rotatable bonds is 1. The second-order valence-corrected chi connectivity index (χ2v) is 5.12. The van der Waals surface area contributed by atoms with E-state index in [1.165, 1.54) is 4.31 Å². The van der Waals surface area contributed by atoms with Gasteiger partial charge in [-0.1, -0.05) is 0 Å². The minimum atomic E-state index is -3.58. The second-order valence-electron chi connectivity index (χ2n) is 3.63. The zero-order valence-corrected chi connectivity index (χ0v) is 8.66. The monoisotopic (exact) mass is 221 g/mol. The van der Waals surface area contributed by atoms with Crippen molar-refractivity contribution in [3.05, 3.63) is 0 Å². The molecular formula is C7H15N3O3S. The highest BCUT2D eigenvalue weighted by Crippen LogP contribution is 2.20. The molecule has 2 fully saturated rings. The highest BCUT2D eigenvalue weighted by molar-refractivity contribution is 7.86. The Hall–Kier alpha value is -0.210. The third-order valence-corrected chi connectivity index (χ3v) is 3.84. The van der Waals surface area contributed by atoms with Crippen molar-refractivity contribution in [2.75, 3.05) is 26.2 Å². The number of fused-ring (bicyclic) bond motifs is 1. The number of nitrogens with zero attached hydrogens (tertiary/aromatic N) is 1. The first kappa shape index (κ1) is 10.3. The van der Waals surface area contributed by atoms with E-state index in [4.69, 9.17) is 9.88 Å². The molecule has 7 heteroatoms. The fraction of sp³-hybridized carbons (Fsp3) is 1.00. The second kappa shape index (κ2) is 3.74. The number of nitrogens with two attached hydrogens (primary N) is 1. The van der Waals surface area contributed by atoms with E-state index in [1.807, 2.05) is 0 Å². The Morgan fingerprint density at radius 3 is 3.00 bits per heavy atom. The summed E-state index contributed by atoms with van der Waals surface area (Å²) in [5, 5.41) is 8.28. The summed E-state index contributed by atoms with van der Waals surface area (Å²) in [6.07, 6.45) is 0.847. The summed E-state index contributed by atoms with van der Waals surface area (Å²) in [6.45, 7) is 2.31. The first-order valence-electron chi connectivity index (χ1n) is 4.71. The summed E-state index contributed by atoms with van der Waals surface area (Å²) in [5.74, 6) is 0. The van der Waals surface area contributed by atoms with Gasteiger partial charge in [0.1, 0.15) is 0 Å². The largest absolute Gasteiger partial charge is 0.375 e. The van der Waals surface area contributed by atoms with Gasteiger partial charge in [-0.25, -0.2) is 5.14 Å². The molecule has 82 valence electrons. The third kappa shape index (κ3) is 1.91. The summed E-state index contributed by atoms with van der Waals surface area (Å²) in [5.41, 5.74) is 0. The number of nitrogens with one attached hydrogen (secondary N) is 1. The molecule has 0 aromatic rings. The number of ether oxygens (including phenoxy) is 1. The molecule has 0 aromatic carbocycles. The lowest BCUT2D eigenvalue weighted by atomic mass is 10.0. The summed E-state index contributed by atoms with van der Waals surface area (Å²) in [7, 11) is -3.58. The predicted octanol–water partition coefficient (Wildman–Crippen LogP) is -1.75. The van der Waals surface area contributed by atoms with Crippen LogP contribution < -0.4 is 10.5 Å². The maximum atomic E-state index is 11.3. The van der Waals surface area contributed by atoms with Crippen LogP contribution in [0, 0.1) is 0 Å². The van der Waals surface area contributed by atoms with Crippen LogP contribution in [0.2, 0.25) is 0 Å². The highest BCUT2D eigenvalue weighted by atomic mass is 32.2. The third-order valence-electron chi connectivity index (χ3n) is 2.73. The molecule has 0 amide bonds. The first-order chi connectivity index (χ1) is 6.59. The van der Waals surface area contributed by atoms with Gasteiger partial charge < -0.3 is 10.1 Å². The number of piperidine rings is 1. The fourth-order valence-corrected chi connectivity index (χ4v) is 2.99. The van der Waals surface area contributed by atoms with Gasteiger partial charge >= 0.3 is 0 Å². The number of morpholine rings is 1. The van der Waals surface area contributed by atoms with Crippen molar-refractivity contribution in [1.82, 2.24) is 9.62 Å². The average molecular weight is 221 g/mol. The van der Waals surface area contributed by atoms with Gasteiger partial charge in [0.05, 0.1) is 18.8 Å². The van der Waals surface area contributed by atoms with Crippen LogP contribution in [0.25, 0.3) is 0 Å². The molecule has 0 aliphatic carbocycles. The normalized spacial score (nSPS) is 35.2. The van der Waals surface area contributed by atoms with E-state index in [1.54, 1.807) is 0 Å². The molecule has 6 nitrogen and oxygen atoms in total.